The van der Waals surface area contributed by atoms with Gasteiger partial charge in [-0.15, -0.1) is 0 Å². The lowest BCUT2D eigenvalue weighted by atomic mass is 9.51. The Morgan fingerprint density at radius 3 is 3.00 bits per heavy atom. The maximum absolute atomic E-state index is 9.34. The molecule has 0 saturated carbocycles. The molecule has 0 bridgehead atoms. The van der Waals surface area contributed by atoms with Crippen molar-refractivity contribution >= 4 is 14.9 Å². The fourth-order valence-corrected chi connectivity index (χ4v) is 1.20. The number of ether oxygens (including phenoxy) is 2. The van der Waals surface area contributed by atoms with Crippen LogP contribution in [-0.4, -0.2) is 51.9 Å². The first-order valence-corrected chi connectivity index (χ1v) is 3.65. The van der Waals surface area contributed by atoms with E-state index in [1.807, 2.05) is 0 Å². The van der Waals surface area contributed by atoms with Gasteiger partial charge in [0.15, 0.2) is 0 Å². The van der Waals surface area contributed by atoms with Gasteiger partial charge in [-0.1, -0.05) is 0 Å². The molecule has 0 aliphatic carbocycles. The van der Waals surface area contributed by atoms with Crippen LogP contribution in [0.15, 0.2) is 0 Å². The summed E-state index contributed by atoms with van der Waals surface area (Å²) in [6.07, 6.45) is -0.0885. The van der Waals surface area contributed by atoms with Gasteiger partial charge in [0, 0.05) is 20.9 Å². The lowest BCUT2D eigenvalue weighted by molar-refractivity contribution is -0.0176. The minimum atomic E-state index is -0.445. The molecule has 1 fully saturated rings. The number of methoxy groups -OCH3 is 1. The molecule has 0 aromatic carbocycles. The second kappa shape index (κ2) is 4.14. The van der Waals surface area contributed by atoms with Gasteiger partial charge in [0.2, 0.25) is 0 Å². The van der Waals surface area contributed by atoms with Crippen LogP contribution < -0.4 is 0 Å². The van der Waals surface area contributed by atoms with E-state index < -0.39 is 6.10 Å². The van der Waals surface area contributed by atoms with E-state index in [0.29, 0.717) is 13.0 Å². The topological polar surface area (TPSA) is 38.7 Å². The van der Waals surface area contributed by atoms with Gasteiger partial charge in [-0.25, -0.2) is 0 Å². The van der Waals surface area contributed by atoms with Crippen molar-refractivity contribution < 1.29 is 14.6 Å². The lowest BCUT2D eigenvalue weighted by Crippen LogP contribution is -2.26. The third-order valence-corrected chi connectivity index (χ3v) is 1.80. The molecule has 0 unspecified atom stereocenters. The zero-order valence-corrected chi connectivity index (χ0v) is 6.56. The van der Waals surface area contributed by atoms with Crippen molar-refractivity contribution in [1.82, 2.24) is 0 Å². The van der Waals surface area contributed by atoms with Crippen molar-refractivity contribution in [1.29, 1.82) is 0 Å². The summed E-state index contributed by atoms with van der Waals surface area (Å²) < 4.78 is 10.2. The van der Waals surface area contributed by atoms with Crippen LogP contribution in [-0.2, 0) is 9.47 Å². The van der Waals surface area contributed by atoms with Crippen LogP contribution in [0, 0.1) is 0 Å². The number of aliphatic hydroxyl groups excluding tert-OH is 1. The SMILES string of the molecule is [B][B][C@H]1C[C@@H](O)[C@@H](COC)O1. The minimum Gasteiger partial charge on any atom is -0.390 e. The van der Waals surface area contributed by atoms with E-state index in [9.17, 15) is 5.11 Å². The smallest absolute Gasteiger partial charge is 0.106 e. The molecular formula is C6H11B2O3. The molecule has 5 heteroatoms. The highest BCUT2D eigenvalue weighted by atomic mass is 16.5. The molecule has 3 radical (unpaired) electrons. The van der Waals surface area contributed by atoms with Crippen molar-refractivity contribution in [3.8, 4) is 0 Å². The summed E-state index contributed by atoms with van der Waals surface area (Å²) in [5, 5.41) is 9.34. The van der Waals surface area contributed by atoms with Crippen LogP contribution in [0.5, 0.6) is 0 Å². The summed E-state index contributed by atoms with van der Waals surface area (Å²) in [6, 6.07) is -0.120. The van der Waals surface area contributed by atoms with Crippen molar-refractivity contribution in [3.05, 3.63) is 0 Å². The van der Waals surface area contributed by atoms with E-state index in [4.69, 9.17) is 17.2 Å². The van der Waals surface area contributed by atoms with Gasteiger partial charge in [0.25, 0.3) is 0 Å². The molecule has 11 heavy (non-hydrogen) atoms. The molecule has 3 atom stereocenters. The fraction of sp³-hybridized carbons (Fsp3) is 1.00. The lowest BCUT2D eigenvalue weighted by Gasteiger charge is -2.12. The average Bonchev–Trinajstić information content (AvgIpc) is 2.33. The van der Waals surface area contributed by atoms with E-state index in [-0.39, 0.29) is 12.1 Å². The Kier molecular flexibility index (Phi) is 3.43. The van der Waals surface area contributed by atoms with E-state index in [1.54, 1.807) is 7.11 Å². The number of hydrogen-bond donors (Lipinski definition) is 1. The molecular weight excluding hydrogens is 142 g/mol. The van der Waals surface area contributed by atoms with Crippen LogP contribution in [0.25, 0.3) is 0 Å². The number of hydrogen-bond acceptors (Lipinski definition) is 3. The second-order valence-corrected chi connectivity index (χ2v) is 2.66. The van der Waals surface area contributed by atoms with E-state index in [0.717, 1.165) is 0 Å². The molecule has 1 heterocycles. The average molecular weight is 153 g/mol. The summed E-state index contributed by atoms with van der Waals surface area (Å²) in [5.41, 5.74) is 0. The summed E-state index contributed by atoms with van der Waals surface area (Å²) in [4.78, 5) is 0. The predicted molar refractivity (Wildman–Crippen MR) is 42.7 cm³/mol. The Balaban J connectivity index is 2.32. The molecule has 3 nitrogen and oxygen atoms in total. The van der Waals surface area contributed by atoms with Crippen LogP contribution >= 0.6 is 0 Å². The van der Waals surface area contributed by atoms with E-state index in [1.165, 1.54) is 7.17 Å². The summed E-state index contributed by atoms with van der Waals surface area (Å²) in [7, 11) is 8.29. The molecule has 59 valence electrons. The van der Waals surface area contributed by atoms with E-state index in [2.05, 4.69) is 0 Å². The van der Waals surface area contributed by atoms with Crippen molar-refractivity contribution in [2.45, 2.75) is 24.6 Å². The predicted octanol–water partition coefficient (Wildman–Crippen LogP) is -1.10. The quantitative estimate of drug-likeness (QED) is 0.522. The minimum absolute atomic E-state index is 0.120. The molecule has 0 aromatic rings. The Morgan fingerprint density at radius 2 is 2.55 bits per heavy atom. The first kappa shape index (κ1) is 9.10. The Labute approximate surface area is 68.7 Å². The number of rotatable bonds is 3. The molecule has 1 aliphatic heterocycles. The maximum Gasteiger partial charge on any atom is 0.106 e. The van der Waals surface area contributed by atoms with E-state index >= 15 is 0 Å². The van der Waals surface area contributed by atoms with Crippen LogP contribution in [0.4, 0.5) is 0 Å². The first-order chi connectivity index (χ1) is 5.27. The van der Waals surface area contributed by atoms with Gasteiger partial charge in [-0.05, 0) is 6.42 Å². The van der Waals surface area contributed by atoms with Gasteiger partial charge in [0.1, 0.15) is 6.10 Å². The Morgan fingerprint density at radius 1 is 1.82 bits per heavy atom. The third kappa shape index (κ3) is 2.22. The normalized spacial score (nSPS) is 37.5. The second-order valence-electron chi connectivity index (χ2n) is 2.66. The molecule has 0 amide bonds. The van der Waals surface area contributed by atoms with Gasteiger partial charge >= 0.3 is 0 Å². The number of aliphatic hydroxyl groups is 1. The maximum atomic E-state index is 9.34. The third-order valence-electron chi connectivity index (χ3n) is 1.80. The summed E-state index contributed by atoms with van der Waals surface area (Å²) >= 11 is 0. The van der Waals surface area contributed by atoms with Crippen LogP contribution in [0.3, 0.4) is 0 Å². The molecule has 1 rings (SSSR count). The van der Waals surface area contributed by atoms with Gasteiger partial charge < -0.3 is 14.6 Å². The fourth-order valence-electron chi connectivity index (χ4n) is 1.20. The van der Waals surface area contributed by atoms with Crippen LogP contribution in [0.2, 0.25) is 0 Å². The molecule has 1 N–H and O–H groups in total. The van der Waals surface area contributed by atoms with Gasteiger partial charge in [-0.3, -0.25) is 0 Å². The molecule has 1 saturated heterocycles. The standard InChI is InChI=1S/C6H11B2O3/c1-10-3-5-4(9)2-6(8-7)11-5/h4-6,9H,2-3H2,1H3/t4-,5-,6-/m1/s1. The highest BCUT2D eigenvalue weighted by molar-refractivity contribution is 6.90. The first-order valence-electron chi connectivity index (χ1n) is 3.65. The monoisotopic (exact) mass is 153 g/mol. The van der Waals surface area contributed by atoms with Crippen molar-refractivity contribution in [3.63, 3.8) is 0 Å². The Bertz CT molecular complexity index is 122. The van der Waals surface area contributed by atoms with Crippen LogP contribution in [0.1, 0.15) is 6.42 Å². The summed E-state index contributed by atoms with van der Waals surface area (Å²) in [5.74, 6) is 0. The molecule has 0 aromatic heterocycles. The molecule has 0 spiro atoms. The van der Waals surface area contributed by atoms with Crippen molar-refractivity contribution in [2.75, 3.05) is 13.7 Å². The highest BCUT2D eigenvalue weighted by Gasteiger charge is 2.32. The molecule has 1 aliphatic rings. The van der Waals surface area contributed by atoms with Crippen molar-refractivity contribution in [2.24, 2.45) is 0 Å². The highest BCUT2D eigenvalue weighted by Crippen LogP contribution is 2.19. The largest absolute Gasteiger partial charge is 0.390 e. The van der Waals surface area contributed by atoms with Gasteiger partial charge in [0.05, 0.1) is 19.9 Å². The Hall–Kier alpha value is 0.00987. The summed E-state index contributed by atoms with van der Waals surface area (Å²) in [6.45, 7) is 0.422. The zero-order chi connectivity index (χ0) is 8.27. The van der Waals surface area contributed by atoms with Gasteiger partial charge in [-0.2, -0.15) is 0 Å². The zero-order valence-electron chi connectivity index (χ0n) is 6.56.